The first-order chi connectivity index (χ1) is 9.95. The Morgan fingerprint density at radius 2 is 2.05 bits per heavy atom. The maximum absolute atomic E-state index is 12.9. The van der Waals surface area contributed by atoms with Gasteiger partial charge in [0.15, 0.2) is 0 Å². The number of piperazine rings is 1. The van der Waals surface area contributed by atoms with Gasteiger partial charge in [0, 0.05) is 12.6 Å². The Balaban J connectivity index is 2.25. The van der Waals surface area contributed by atoms with E-state index in [1.165, 1.54) is 0 Å². The molecule has 2 aliphatic heterocycles. The average molecular weight is 295 g/mol. The van der Waals surface area contributed by atoms with E-state index in [0.29, 0.717) is 0 Å². The monoisotopic (exact) mass is 295 g/mol. The van der Waals surface area contributed by atoms with Crippen LogP contribution in [0.3, 0.4) is 0 Å². The van der Waals surface area contributed by atoms with Gasteiger partial charge in [-0.15, -0.1) is 0 Å². The van der Waals surface area contributed by atoms with Crippen molar-refractivity contribution >= 4 is 11.8 Å². The number of carbonyl (C=O) groups excluding carboxylic acids is 2. The van der Waals surface area contributed by atoms with Gasteiger partial charge in [0.1, 0.15) is 12.1 Å². The van der Waals surface area contributed by atoms with Crippen molar-refractivity contribution in [3.63, 3.8) is 0 Å². The third kappa shape index (κ3) is 3.39. The summed E-state index contributed by atoms with van der Waals surface area (Å²) in [6.45, 7) is 8.05. The van der Waals surface area contributed by atoms with Crippen LogP contribution < -0.4 is 5.32 Å². The highest BCUT2D eigenvalue weighted by Crippen LogP contribution is 2.26. The van der Waals surface area contributed by atoms with Crippen LogP contribution in [0.15, 0.2) is 0 Å². The molecule has 120 valence electrons. The molecule has 5 heteroatoms. The standard InChI is InChI=1S/C16H29N3O2/c1-5-7-13-16(21)19(12-8-6-9-18(4)10-12)14(11(2)3)15(20)17-13/h11-14H,5-10H2,1-4H3,(H,17,20). The van der Waals surface area contributed by atoms with Crippen molar-refractivity contribution in [2.45, 2.75) is 64.6 Å². The molecule has 3 atom stereocenters. The zero-order chi connectivity index (χ0) is 15.6. The summed E-state index contributed by atoms with van der Waals surface area (Å²) in [5, 5.41) is 2.94. The molecule has 2 amide bonds. The lowest BCUT2D eigenvalue weighted by Gasteiger charge is -2.47. The molecular weight excluding hydrogens is 266 g/mol. The zero-order valence-electron chi connectivity index (χ0n) is 13.8. The minimum absolute atomic E-state index is 0.0243. The highest BCUT2D eigenvalue weighted by atomic mass is 16.2. The van der Waals surface area contributed by atoms with Gasteiger partial charge in [-0.05, 0) is 38.8 Å². The van der Waals surface area contributed by atoms with Gasteiger partial charge in [-0.25, -0.2) is 0 Å². The number of hydrogen-bond donors (Lipinski definition) is 1. The van der Waals surface area contributed by atoms with Crippen LogP contribution in [0.2, 0.25) is 0 Å². The quantitative estimate of drug-likeness (QED) is 0.849. The molecule has 0 aromatic rings. The lowest BCUT2D eigenvalue weighted by molar-refractivity contribution is -0.155. The van der Waals surface area contributed by atoms with Crippen LogP contribution in [0.1, 0.15) is 46.5 Å². The molecule has 0 saturated carbocycles. The molecule has 3 unspecified atom stereocenters. The van der Waals surface area contributed by atoms with Crippen LogP contribution in [0.25, 0.3) is 0 Å². The smallest absolute Gasteiger partial charge is 0.246 e. The van der Waals surface area contributed by atoms with E-state index >= 15 is 0 Å². The summed E-state index contributed by atoms with van der Waals surface area (Å²) in [5.74, 6) is 0.287. The molecule has 2 rings (SSSR count). The van der Waals surface area contributed by atoms with E-state index in [9.17, 15) is 9.59 Å². The summed E-state index contributed by atoms with van der Waals surface area (Å²) < 4.78 is 0. The number of likely N-dealkylation sites (tertiary alicyclic amines) is 1. The van der Waals surface area contributed by atoms with E-state index in [2.05, 4.69) is 17.3 Å². The van der Waals surface area contributed by atoms with Gasteiger partial charge in [-0.2, -0.15) is 0 Å². The Labute approximate surface area is 128 Å². The third-order valence-electron chi connectivity index (χ3n) is 4.64. The highest BCUT2D eigenvalue weighted by molar-refractivity contribution is 5.97. The van der Waals surface area contributed by atoms with Gasteiger partial charge in [0.25, 0.3) is 0 Å². The van der Waals surface area contributed by atoms with E-state index in [1.54, 1.807) is 0 Å². The Kier molecular flexibility index (Phi) is 5.25. The number of carbonyl (C=O) groups is 2. The zero-order valence-corrected chi connectivity index (χ0v) is 13.8. The van der Waals surface area contributed by atoms with E-state index in [-0.39, 0.29) is 35.9 Å². The maximum Gasteiger partial charge on any atom is 0.246 e. The van der Waals surface area contributed by atoms with Crippen molar-refractivity contribution in [3.8, 4) is 0 Å². The molecule has 0 bridgehead atoms. The fraction of sp³-hybridized carbons (Fsp3) is 0.875. The largest absolute Gasteiger partial charge is 0.342 e. The molecule has 2 fully saturated rings. The summed E-state index contributed by atoms with van der Waals surface area (Å²) in [7, 11) is 2.09. The number of amides is 2. The van der Waals surface area contributed by atoms with Gasteiger partial charge < -0.3 is 15.1 Å². The van der Waals surface area contributed by atoms with Gasteiger partial charge in [-0.1, -0.05) is 27.2 Å². The molecule has 2 heterocycles. The number of piperidine rings is 1. The van der Waals surface area contributed by atoms with Gasteiger partial charge in [-0.3, -0.25) is 9.59 Å². The van der Waals surface area contributed by atoms with Crippen LogP contribution in [0, 0.1) is 5.92 Å². The third-order valence-corrected chi connectivity index (χ3v) is 4.64. The average Bonchev–Trinajstić information content (AvgIpc) is 2.41. The van der Waals surface area contributed by atoms with E-state index < -0.39 is 0 Å². The molecule has 0 aromatic heterocycles. The molecule has 0 aromatic carbocycles. The second kappa shape index (κ2) is 6.77. The van der Waals surface area contributed by atoms with Crippen molar-refractivity contribution in [2.75, 3.05) is 20.1 Å². The first kappa shape index (κ1) is 16.3. The predicted molar refractivity (Wildman–Crippen MR) is 82.8 cm³/mol. The number of nitrogens with zero attached hydrogens (tertiary/aromatic N) is 2. The lowest BCUT2D eigenvalue weighted by atomic mass is 9.91. The minimum atomic E-state index is -0.329. The maximum atomic E-state index is 12.9. The van der Waals surface area contributed by atoms with E-state index in [1.807, 2.05) is 25.7 Å². The summed E-state index contributed by atoms with van der Waals surface area (Å²) in [5.41, 5.74) is 0. The molecule has 0 spiro atoms. The molecule has 2 saturated heterocycles. The molecule has 2 aliphatic rings. The Bertz CT molecular complexity index is 397. The number of nitrogens with one attached hydrogen (secondary N) is 1. The summed E-state index contributed by atoms with van der Waals surface area (Å²) in [6.07, 6.45) is 3.73. The first-order valence-corrected chi connectivity index (χ1v) is 8.26. The second-order valence-electron chi connectivity index (χ2n) is 6.84. The second-order valence-corrected chi connectivity index (χ2v) is 6.84. The SMILES string of the molecule is CCCC1NC(=O)C(C(C)C)N(C2CCCN(C)C2)C1=O. The normalized spacial score (nSPS) is 31.7. The Morgan fingerprint density at radius 3 is 2.62 bits per heavy atom. The molecular formula is C16H29N3O2. The number of rotatable bonds is 4. The van der Waals surface area contributed by atoms with Crippen LogP contribution in [0.5, 0.6) is 0 Å². The van der Waals surface area contributed by atoms with Gasteiger partial charge in [0.2, 0.25) is 11.8 Å². The Hall–Kier alpha value is -1.10. The van der Waals surface area contributed by atoms with Crippen LogP contribution in [0.4, 0.5) is 0 Å². The van der Waals surface area contributed by atoms with Crippen LogP contribution in [-0.2, 0) is 9.59 Å². The van der Waals surface area contributed by atoms with Gasteiger partial charge in [0.05, 0.1) is 0 Å². The topological polar surface area (TPSA) is 52.7 Å². The lowest BCUT2D eigenvalue weighted by Crippen LogP contribution is -2.68. The summed E-state index contributed by atoms with van der Waals surface area (Å²) >= 11 is 0. The van der Waals surface area contributed by atoms with Crippen molar-refractivity contribution in [1.29, 1.82) is 0 Å². The minimum Gasteiger partial charge on any atom is -0.342 e. The molecule has 21 heavy (non-hydrogen) atoms. The van der Waals surface area contributed by atoms with Crippen molar-refractivity contribution in [1.82, 2.24) is 15.1 Å². The van der Waals surface area contributed by atoms with Crippen molar-refractivity contribution < 1.29 is 9.59 Å². The predicted octanol–water partition coefficient (Wildman–Crippen LogP) is 1.23. The fourth-order valence-electron chi connectivity index (χ4n) is 3.64. The molecule has 5 nitrogen and oxygen atoms in total. The number of likely N-dealkylation sites (N-methyl/N-ethyl adjacent to an activating group) is 1. The van der Waals surface area contributed by atoms with Crippen LogP contribution >= 0.6 is 0 Å². The van der Waals surface area contributed by atoms with Crippen molar-refractivity contribution in [2.24, 2.45) is 5.92 Å². The van der Waals surface area contributed by atoms with E-state index in [0.717, 1.165) is 38.8 Å². The van der Waals surface area contributed by atoms with Crippen molar-refractivity contribution in [3.05, 3.63) is 0 Å². The summed E-state index contributed by atoms with van der Waals surface area (Å²) in [6, 6.07) is -0.471. The fourth-order valence-corrected chi connectivity index (χ4v) is 3.64. The molecule has 1 N–H and O–H groups in total. The summed E-state index contributed by atoms with van der Waals surface area (Å²) in [4.78, 5) is 29.5. The highest BCUT2D eigenvalue weighted by Gasteiger charge is 2.45. The Morgan fingerprint density at radius 1 is 1.33 bits per heavy atom. The first-order valence-electron chi connectivity index (χ1n) is 8.26. The van der Waals surface area contributed by atoms with Crippen LogP contribution in [-0.4, -0.2) is 59.9 Å². The number of hydrogen-bond acceptors (Lipinski definition) is 3. The molecule has 0 aliphatic carbocycles. The molecule has 0 radical (unpaired) electrons. The van der Waals surface area contributed by atoms with Gasteiger partial charge >= 0.3 is 0 Å². The van der Waals surface area contributed by atoms with E-state index in [4.69, 9.17) is 0 Å².